The number of carbonyl (C=O) groups is 3. The van der Waals surface area contributed by atoms with Gasteiger partial charge in [0.15, 0.2) is 0 Å². The lowest BCUT2D eigenvalue weighted by Crippen LogP contribution is -2.51. The Bertz CT molecular complexity index is 767. The Morgan fingerprint density at radius 2 is 1.88 bits per heavy atom. The smallest absolute Gasteiger partial charge is 0.282 e. The molecule has 132 valence electrons. The predicted octanol–water partition coefficient (Wildman–Crippen LogP) is 0.827. The van der Waals surface area contributed by atoms with Crippen LogP contribution in [-0.4, -0.2) is 64.3 Å². The summed E-state index contributed by atoms with van der Waals surface area (Å²) in [6.07, 6.45) is -0.285. The minimum absolute atomic E-state index is 0.0456. The summed E-state index contributed by atoms with van der Waals surface area (Å²) >= 11 is 0. The molecule has 1 aromatic carbocycles. The van der Waals surface area contributed by atoms with Gasteiger partial charge in [0.05, 0.1) is 22.7 Å². The van der Waals surface area contributed by atoms with Gasteiger partial charge in [-0.15, -0.1) is 0 Å². The van der Waals surface area contributed by atoms with Crippen molar-refractivity contribution in [1.29, 1.82) is 0 Å². The van der Waals surface area contributed by atoms with Crippen molar-refractivity contribution in [2.24, 2.45) is 0 Å². The number of ether oxygens (including phenoxy) is 1. The van der Waals surface area contributed by atoms with Crippen molar-refractivity contribution in [3.05, 3.63) is 39.4 Å². The van der Waals surface area contributed by atoms with Crippen LogP contribution in [0.3, 0.4) is 0 Å². The van der Waals surface area contributed by atoms with E-state index in [0.29, 0.717) is 13.1 Å². The summed E-state index contributed by atoms with van der Waals surface area (Å²) in [4.78, 5) is 50.1. The normalized spacial score (nSPS) is 23.0. The minimum atomic E-state index is -0.810. The third-order valence-electron chi connectivity index (χ3n) is 4.24. The fraction of sp³-hybridized carbons (Fsp3) is 0.438. The summed E-state index contributed by atoms with van der Waals surface area (Å²) < 4.78 is 5.56. The van der Waals surface area contributed by atoms with E-state index in [-0.39, 0.29) is 29.2 Å². The third kappa shape index (κ3) is 2.98. The molecule has 0 aliphatic carbocycles. The van der Waals surface area contributed by atoms with Crippen LogP contribution >= 0.6 is 0 Å². The lowest BCUT2D eigenvalue weighted by Gasteiger charge is -2.35. The van der Waals surface area contributed by atoms with Crippen LogP contribution in [0.2, 0.25) is 0 Å². The van der Waals surface area contributed by atoms with E-state index in [1.165, 1.54) is 23.1 Å². The highest BCUT2D eigenvalue weighted by atomic mass is 16.6. The summed E-state index contributed by atoms with van der Waals surface area (Å²) in [5.41, 5.74) is -0.732. The number of rotatable bonds is 3. The van der Waals surface area contributed by atoms with E-state index in [1.807, 2.05) is 13.8 Å². The monoisotopic (exact) mass is 347 g/mol. The van der Waals surface area contributed by atoms with Gasteiger partial charge in [-0.1, -0.05) is 6.07 Å². The summed E-state index contributed by atoms with van der Waals surface area (Å²) in [7, 11) is 0. The number of fused-ring (bicyclic) bond motifs is 1. The first-order chi connectivity index (χ1) is 11.8. The second kappa shape index (κ2) is 6.25. The highest BCUT2D eigenvalue weighted by Gasteiger charge is 2.42. The zero-order chi connectivity index (χ0) is 18.3. The third-order valence-corrected chi connectivity index (χ3v) is 4.24. The number of imide groups is 1. The summed E-state index contributed by atoms with van der Waals surface area (Å²) in [5, 5.41) is 11.1. The first kappa shape index (κ1) is 17.0. The molecule has 0 bridgehead atoms. The largest absolute Gasteiger partial charge is 0.372 e. The molecular formula is C16H17N3O6. The number of benzene rings is 1. The molecule has 3 amide bonds. The molecule has 0 radical (unpaired) electrons. The molecule has 2 aliphatic rings. The fourth-order valence-corrected chi connectivity index (χ4v) is 3.23. The molecule has 0 N–H and O–H groups in total. The van der Waals surface area contributed by atoms with Gasteiger partial charge >= 0.3 is 0 Å². The van der Waals surface area contributed by atoms with Crippen molar-refractivity contribution in [1.82, 2.24) is 9.80 Å². The number of nitro groups is 1. The van der Waals surface area contributed by atoms with E-state index < -0.39 is 29.0 Å². The van der Waals surface area contributed by atoms with Crippen LogP contribution in [0.25, 0.3) is 0 Å². The van der Waals surface area contributed by atoms with Crippen molar-refractivity contribution in [2.75, 3.05) is 19.6 Å². The van der Waals surface area contributed by atoms with Crippen molar-refractivity contribution in [3.63, 3.8) is 0 Å². The van der Waals surface area contributed by atoms with E-state index in [4.69, 9.17) is 4.74 Å². The standard InChI is InChI=1S/C16H17N3O6/c1-9-6-17(7-10(2)25-9)13(20)8-18-15(21)11-4-3-5-12(19(23)24)14(11)16(18)22/h3-5,9-10H,6-8H2,1-2H3/t9-,10-/m1/s1. The van der Waals surface area contributed by atoms with Crippen molar-refractivity contribution in [3.8, 4) is 0 Å². The zero-order valence-corrected chi connectivity index (χ0v) is 13.8. The van der Waals surface area contributed by atoms with Gasteiger partial charge in [0.2, 0.25) is 5.91 Å². The second-order valence-electron chi connectivity index (χ2n) is 6.21. The van der Waals surface area contributed by atoms with Crippen molar-refractivity contribution in [2.45, 2.75) is 26.1 Å². The average molecular weight is 347 g/mol. The fourth-order valence-electron chi connectivity index (χ4n) is 3.23. The maximum atomic E-state index is 12.5. The van der Waals surface area contributed by atoms with Crippen molar-refractivity contribution < 1.29 is 24.0 Å². The van der Waals surface area contributed by atoms with Crippen LogP contribution in [-0.2, 0) is 9.53 Å². The second-order valence-corrected chi connectivity index (χ2v) is 6.21. The van der Waals surface area contributed by atoms with E-state index in [9.17, 15) is 24.5 Å². The van der Waals surface area contributed by atoms with Crippen LogP contribution in [0.4, 0.5) is 5.69 Å². The van der Waals surface area contributed by atoms with Crippen LogP contribution < -0.4 is 0 Å². The summed E-state index contributed by atoms with van der Waals surface area (Å²) in [6.45, 7) is 3.96. The van der Waals surface area contributed by atoms with Gasteiger partial charge in [0.1, 0.15) is 12.1 Å². The van der Waals surface area contributed by atoms with Crippen LogP contribution in [0.15, 0.2) is 18.2 Å². The molecule has 0 aromatic heterocycles. The Kier molecular flexibility index (Phi) is 4.25. The molecule has 2 heterocycles. The molecule has 1 aromatic rings. The van der Waals surface area contributed by atoms with Gasteiger partial charge in [0.25, 0.3) is 17.5 Å². The Morgan fingerprint density at radius 1 is 1.24 bits per heavy atom. The first-order valence-electron chi connectivity index (χ1n) is 7.86. The Morgan fingerprint density at radius 3 is 2.48 bits per heavy atom. The van der Waals surface area contributed by atoms with Crippen LogP contribution in [0, 0.1) is 10.1 Å². The minimum Gasteiger partial charge on any atom is -0.372 e. The van der Waals surface area contributed by atoms with Gasteiger partial charge in [-0.25, -0.2) is 0 Å². The van der Waals surface area contributed by atoms with Gasteiger partial charge in [-0.3, -0.25) is 29.4 Å². The quantitative estimate of drug-likeness (QED) is 0.455. The molecule has 25 heavy (non-hydrogen) atoms. The topological polar surface area (TPSA) is 110 Å². The zero-order valence-electron chi connectivity index (χ0n) is 13.8. The molecule has 2 aliphatic heterocycles. The van der Waals surface area contributed by atoms with Crippen LogP contribution in [0.1, 0.15) is 34.6 Å². The lowest BCUT2D eigenvalue weighted by molar-refractivity contribution is -0.385. The first-order valence-corrected chi connectivity index (χ1v) is 7.86. The Hall–Kier alpha value is -2.81. The van der Waals surface area contributed by atoms with E-state index >= 15 is 0 Å². The van der Waals surface area contributed by atoms with Gasteiger partial charge < -0.3 is 9.64 Å². The molecular weight excluding hydrogens is 330 g/mol. The number of carbonyl (C=O) groups excluding carboxylic acids is 3. The number of hydrogen-bond donors (Lipinski definition) is 0. The average Bonchev–Trinajstić information content (AvgIpc) is 2.79. The Balaban J connectivity index is 1.82. The molecule has 1 fully saturated rings. The molecule has 1 saturated heterocycles. The van der Waals surface area contributed by atoms with Crippen LogP contribution in [0.5, 0.6) is 0 Å². The van der Waals surface area contributed by atoms with E-state index in [2.05, 4.69) is 0 Å². The van der Waals surface area contributed by atoms with Gasteiger partial charge in [0, 0.05) is 19.2 Å². The highest BCUT2D eigenvalue weighted by molar-refractivity contribution is 6.24. The summed E-state index contributed by atoms with van der Waals surface area (Å²) in [6, 6.07) is 3.87. The Labute approximate surface area is 143 Å². The summed E-state index contributed by atoms with van der Waals surface area (Å²) in [5.74, 6) is -1.89. The highest BCUT2D eigenvalue weighted by Crippen LogP contribution is 2.30. The number of amides is 3. The van der Waals surface area contributed by atoms with Gasteiger partial charge in [-0.05, 0) is 19.9 Å². The van der Waals surface area contributed by atoms with E-state index in [1.54, 1.807) is 0 Å². The molecule has 2 atom stereocenters. The molecule has 9 heteroatoms. The number of hydrogen-bond acceptors (Lipinski definition) is 6. The molecule has 9 nitrogen and oxygen atoms in total. The maximum Gasteiger partial charge on any atom is 0.282 e. The molecule has 0 spiro atoms. The molecule has 0 saturated carbocycles. The molecule has 0 unspecified atom stereocenters. The number of morpholine rings is 1. The van der Waals surface area contributed by atoms with E-state index in [0.717, 1.165) is 4.90 Å². The number of nitro benzene ring substituents is 1. The lowest BCUT2D eigenvalue weighted by atomic mass is 10.1. The maximum absolute atomic E-state index is 12.5. The number of nitrogens with zero attached hydrogens (tertiary/aromatic N) is 3. The SMILES string of the molecule is C[C@@H]1CN(C(=O)CN2C(=O)c3cccc([N+](=O)[O-])c3C2=O)C[C@@H](C)O1. The van der Waals surface area contributed by atoms with Crippen molar-refractivity contribution >= 4 is 23.4 Å². The van der Waals surface area contributed by atoms with Gasteiger partial charge in [-0.2, -0.15) is 0 Å². The predicted molar refractivity (Wildman–Crippen MR) is 85.1 cm³/mol. The molecule has 3 rings (SSSR count).